The van der Waals surface area contributed by atoms with E-state index in [2.05, 4.69) is 26.1 Å². The average molecular weight is 382 g/mol. The van der Waals surface area contributed by atoms with E-state index in [0.717, 1.165) is 42.6 Å². The monoisotopic (exact) mass is 380 g/mol. The number of aliphatic hydroxyl groups is 1. The molecule has 0 aromatic heterocycles. The van der Waals surface area contributed by atoms with Crippen molar-refractivity contribution < 1.29 is 9.50 Å². The summed E-state index contributed by atoms with van der Waals surface area (Å²) in [6.45, 7) is 5.65. The van der Waals surface area contributed by atoms with E-state index in [9.17, 15) is 4.39 Å². The van der Waals surface area contributed by atoms with Gasteiger partial charge in [0.1, 0.15) is 5.82 Å². The molecule has 1 saturated heterocycles. The largest absolute Gasteiger partial charge is 0.396 e. The summed E-state index contributed by atoms with van der Waals surface area (Å²) in [7, 11) is 0. The number of nitrogens with one attached hydrogen (secondary N) is 1. The highest BCUT2D eigenvalue weighted by Gasteiger charge is 2.25. The Bertz CT molecular complexity index is 456. The Morgan fingerprint density at radius 1 is 1.38 bits per heavy atom. The lowest BCUT2D eigenvalue weighted by Crippen LogP contribution is -2.45. The zero-order valence-corrected chi connectivity index (χ0v) is 14.6. The van der Waals surface area contributed by atoms with Gasteiger partial charge in [-0.25, -0.2) is 4.39 Å². The number of hydrogen-bond acceptors (Lipinski definition) is 3. The fourth-order valence-electron chi connectivity index (χ4n) is 2.81. The number of rotatable bonds is 5. The van der Waals surface area contributed by atoms with Crippen molar-refractivity contribution in [3.63, 3.8) is 0 Å². The predicted octanol–water partition coefficient (Wildman–Crippen LogP) is 3.04. The van der Waals surface area contributed by atoms with Crippen molar-refractivity contribution in [1.29, 1.82) is 0 Å². The van der Waals surface area contributed by atoms with Crippen LogP contribution in [0.15, 0.2) is 16.6 Å². The highest BCUT2D eigenvalue weighted by molar-refractivity contribution is 9.10. The van der Waals surface area contributed by atoms with Gasteiger partial charge >= 0.3 is 0 Å². The summed E-state index contributed by atoms with van der Waals surface area (Å²) < 4.78 is 15.4. The molecular weight excluding hydrogens is 359 g/mol. The zero-order valence-electron chi connectivity index (χ0n) is 12.2. The summed E-state index contributed by atoms with van der Waals surface area (Å²) in [5.41, 5.74) is 1.41. The Hall–Kier alpha value is -0.200. The first-order chi connectivity index (χ1) is 9.63. The maximum atomic E-state index is 14.5. The maximum absolute atomic E-state index is 14.5. The van der Waals surface area contributed by atoms with Crippen molar-refractivity contribution in [3.05, 3.63) is 33.5 Å². The van der Waals surface area contributed by atoms with Gasteiger partial charge in [-0.2, -0.15) is 0 Å². The first-order valence-electron chi connectivity index (χ1n) is 7.14. The molecule has 120 valence electrons. The van der Waals surface area contributed by atoms with Gasteiger partial charge in [0.05, 0.1) is 0 Å². The second kappa shape index (κ2) is 9.06. The van der Waals surface area contributed by atoms with E-state index >= 15 is 0 Å². The molecule has 2 N–H and O–H groups in total. The van der Waals surface area contributed by atoms with Gasteiger partial charge in [-0.05, 0) is 37.5 Å². The Morgan fingerprint density at radius 3 is 2.67 bits per heavy atom. The minimum absolute atomic E-state index is 0. The smallest absolute Gasteiger partial charge is 0.130 e. The molecule has 3 nitrogen and oxygen atoms in total. The molecule has 1 fully saturated rings. The number of aliphatic hydroxyl groups excluding tert-OH is 1. The summed E-state index contributed by atoms with van der Waals surface area (Å²) in [6, 6.07) is 3.73. The molecule has 0 saturated carbocycles. The molecule has 1 aliphatic rings. The van der Waals surface area contributed by atoms with Gasteiger partial charge < -0.3 is 10.4 Å². The van der Waals surface area contributed by atoms with Gasteiger partial charge in [0.25, 0.3) is 0 Å². The summed E-state index contributed by atoms with van der Waals surface area (Å²) in [5, 5.41) is 12.4. The van der Waals surface area contributed by atoms with E-state index in [1.165, 1.54) is 0 Å². The molecule has 1 atom stereocenters. The number of halogens is 3. The summed E-state index contributed by atoms with van der Waals surface area (Å²) >= 11 is 3.46. The lowest BCUT2D eigenvalue weighted by atomic mass is 9.97. The van der Waals surface area contributed by atoms with Gasteiger partial charge in [0, 0.05) is 48.9 Å². The molecule has 0 unspecified atom stereocenters. The van der Waals surface area contributed by atoms with Gasteiger partial charge in [-0.3, -0.25) is 4.90 Å². The van der Waals surface area contributed by atoms with Crippen LogP contribution in [0.2, 0.25) is 0 Å². The first kappa shape index (κ1) is 18.8. The highest BCUT2D eigenvalue weighted by atomic mass is 79.9. The molecule has 1 heterocycles. The first-order valence-corrected chi connectivity index (χ1v) is 7.94. The molecule has 6 heteroatoms. The van der Waals surface area contributed by atoms with Crippen molar-refractivity contribution >= 4 is 28.3 Å². The molecule has 21 heavy (non-hydrogen) atoms. The van der Waals surface area contributed by atoms with Crippen molar-refractivity contribution in [3.8, 4) is 0 Å². The second-order valence-corrected chi connectivity index (χ2v) is 6.21. The van der Waals surface area contributed by atoms with Crippen LogP contribution in [0.25, 0.3) is 0 Å². The molecule has 2 rings (SSSR count). The van der Waals surface area contributed by atoms with Gasteiger partial charge in [-0.1, -0.05) is 15.9 Å². The number of piperazine rings is 1. The SMILES string of the molecule is Cc1cc(Br)cc([C@H](CCCO)N2CCNCC2)c1F.Cl. The van der Waals surface area contributed by atoms with Crippen LogP contribution < -0.4 is 5.32 Å². The van der Waals surface area contributed by atoms with Crippen LogP contribution in [0.4, 0.5) is 4.39 Å². The molecule has 1 aliphatic heterocycles. The zero-order chi connectivity index (χ0) is 14.5. The van der Waals surface area contributed by atoms with Crippen molar-refractivity contribution in [2.45, 2.75) is 25.8 Å². The van der Waals surface area contributed by atoms with E-state index in [0.29, 0.717) is 12.0 Å². The van der Waals surface area contributed by atoms with E-state index in [1.807, 2.05) is 6.07 Å². The standard InChI is InChI=1S/C15H22BrFN2O.ClH/c1-11-9-12(16)10-13(15(11)17)14(3-2-8-20)19-6-4-18-5-7-19;/h9-10,14,18,20H,2-8H2,1H3;1H/t14-;/m0./s1. The highest BCUT2D eigenvalue weighted by Crippen LogP contribution is 2.31. The third-order valence-corrected chi connectivity index (χ3v) is 4.29. The second-order valence-electron chi connectivity index (χ2n) is 5.29. The Balaban J connectivity index is 0.00000220. The van der Waals surface area contributed by atoms with E-state index < -0.39 is 0 Å². The van der Waals surface area contributed by atoms with Crippen LogP contribution in [0, 0.1) is 12.7 Å². The van der Waals surface area contributed by atoms with Crippen LogP contribution in [0.1, 0.15) is 30.0 Å². The summed E-state index contributed by atoms with van der Waals surface area (Å²) in [4.78, 5) is 2.32. The van der Waals surface area contributed by atoms with Gasteiger partial charge in [0.15, 0.2) is 0 Å². The Kier molecular flexibility index (Phi) is 8.13. The molecule has 0 aliphatic carbocycles. The van der Waals surface area contributed by atoms with Gasteiger partial charge in [-0.15, -0.1) is 12.4 Å². The Labute approximate surface area is 140 Å². The molecular formula is C15H23BrClFN2O. The quantitative estimate of drug-likeness (QED) is 0.823. The van der Waals surface area contributed by atoms with E-state index in [1.54, 1.807) is 13.0 Å². The van der Waals surface area contributed by atoms with Crippen molar-refractivity contribution in [2.75, 3.05) is 32.8 Å². The van der Waals surface area contributed by atoms with Crippen LogP contribution in [-0.4, -0.2) is 42.8 Å². The molecule has 1 aromatic carbocycles. The maximum Gasteiger partial charge on any atom is 0.130 e. The molecule has 0 amide bonds. The fraction of sp³-hybridized carbons (Fsp3) is 0.600. The van der Waals surface area contributed by atoms with Crippen LogP contribution in [0.3, 0.4) is 0 Å². The predicted molar refractivity (Wildman–Crippen MR) is 89.6 cm³/mol. The van der Waals surface area contributed by atoms with Crippen molar-refractivity contribution in [2.24, 2.45) is 0 Å². The lowest BCUT2D eigenvalue weighted by molar-refractivity contribution is 0.151. The number of benzene rings is 1. The minimum Gasteiger partial charge on any atom is -0.396 e. The fourth-order valence-corrected chi connectivity index (χ4v) is 3.40. The average Bonchev–Trinajstić information content (AvgIpc) is 2.45. The minimum atomic E-state index is -0.116. The van der Waals surface area contributed by atoms with E-state index in [-0.39, 0.29) is 30.9 Å². The third-order valence-electron chi connectivity index (χ3n) is 3.83. The lowest BCUT2D eigenvalue weighted by Gasteiger charge is -2.35. The molecule has 0 spiro atoms. The van der Waals surface area contributed by atoms with Gasteiger partial charge in [0.2, 0.25) is 0 Å². The summed E-state index contributed by atoms with van der Waals surface area (Å²) in [6.07, 6.45) is 1.48. The summed E-state index contributed by atoms with van der Waals surface area (Å²) in [5.74, 6) is -0.116. The van der Waals surface area contributed by atoms with Crippen LogP contribution in [-0.2, 0) is 0 Å². The Morgan fingerprint density at radius 2 is 2.05 bits per heavy atom. The number of aryl methyl sites for hydroxylation is 1. The van der Waals surface area contributed by atoms with Crippen LogP contribution in [0.5, 0.6) is 0 Å². The topological polar surface area (TPSA) is 35.5 Å². The molecule has 0 radical (unpaired) electrons. The molecule has 0 bridgehead atoms. The van der Waals surface area contributed by atoms with Crippen molar-refractivity contribution in [1.82, 2.24) is 10.2 Å². The third kappa shape index (κ3) is 4.89. The molecule has 1 aromatic rings. The normalized spacial score (nSPS) is 17.3. The number of nitrogens with zero attached hydrogens (tertiary/aromatic N) is 1. The van der Waals surface area contributed by atoms with E-state index in [4.69, 9.17) is 5.11 Å². The van der Waals surface area contributed by atoms with Crippen LogP contribution >= 0.6 is 28.3 Å². The number of hydrogen-bond donors (Lipinski definition) is 2.